The first-order valence-corrected chi connectivity index (χ1v) is 7.86. The molecule has 0 aromatic heterocycles. The highest BCUT2D eigenvalue weighted by atomic mass is 16.3. The Balaban J connectivity index is 2.41. The van der Waals surface area contributed by atoms with Crippen molar-refractivity contribution < 1.29 is 9.90 Å². The number of aliphatic hydroxyl groups is 1. The van der Waals surface area contributed by atoms with Crippen molar-refractivity contribution in [1.82, 2.24) is 10.6 Å². The Bertz CT molecular complexity index is 473. The molecule has 124 valence electrons. The lowest BCUT2D eigenvalue weighted by Gasteiger charge is -2.24. The summed E-state index contributed by atoms with van der Waals surface area (Å²) in [5, 5.41) is 14.7. The van der Waals surface area contributed by atoms with Gasteiger partial charge in [0.15, 0.2) is 0 Å². The summed E-state index contributed by atoms with van der Waals surface area (Å²) in [6.07, 6.45) is 0.668. The van der Waals surface area contributed by atoms with Crippen LogP contribution in [0.3, 0.4) is 0 Å². The van der Waals surface area contributed by atoms with Gasteiger partial charge in [-0.25, -0.2) is 4.79 Å². The molecule has 0 spiro atoms. The monoisotopic (exact) mass is 306 g/mol. The maximum Gasteiger partial charge on any atom is 0.315 e. The zero-order valence-electron chi connectivity index (χ0n) is 14.5. The Labute approximate surface area is 134 Å². The number of carbonyl (C=O) groups is 1. The quantitative estimate of drug-likeness (QED) is 0.756. The standard InChI is InChI=1S/C18H30N2O2/c1-17(2,3)15-8-6-14(7-9-15)12-19-16(22)20-13-18(4,5)10-11-21/h6-9,21H,10-13H2,1-5H3,(H2,19,20,22). The van der Waals surface area contributed by atoms with Crippen LogP contribution in [0.4, 0.5) is 4.79 Å². The summed E-state index contributed by atoms with van der Waals surface area (Å²) in [6, 6.07) is 8.15. The van der Waals surface area contributed by atoms with E-state index < -0.39 is 0 Å². The minimum Gasteiger partial charge on any atom is -0.396 e. The van der Waals surface area contributed by atoms with E-state index in [2.05, 4.69) is 55.7 Å². The summed E-state index contributed by atoms with van der Waals surface area (Å²) in [7, 11) is 0. The summed E-state index contributed by atoms with van der Waals surface area (Å²) >= 11 is 0. The molecule has 0 bridgehead atoms. The molecule has 0 atom stereocenters. The molecular formula is C18H30N2O2. The van der Waals surface area contributed by atoms with Crippen LogP contribution in [0.2, 0.25) is 0 Å². The van der Waals surface area contributed by atoms with E-state index >= 15 is 0 Å². The van der Waals surface area contributed by atoms with Gasteiger partial charge in [-0.15, -0.1) is 0 Å². The van der Waals surface area contributed by atoms with E-state index in [1.54, 1.807) is 0 Å². The largest absolute Gasteiger partial charge is 0.396 e. The Kier molecular flexibility index (Phi) is 6.42. The average Bonchev–Trinajstić information content (AvgIpc) is 2.42. The molecule has 22 heavy (non-hydrogen) atoms. The van der Waals surface area contributed by atoms with Crippen LogP contribution in [-0.4, -0.2) is 24.3 Å². The van der Waals surface area contributed by atoms with Crippen molar-refractivity contribution in [3.63, 3.8) is 0 Å². The van der Waals surface area contributed by atoms with E-state index in [4.69, 9.17) is 5.11 Å². The molecule has 3 N–H and O–H groups in total. The number of amides is 2. The number of urea groups is 1. The number of rotatable bonds is 6. The summed E-state index contributed by atoms with van der Waals surface area (Å²) in [6.45, 7) is 11.8. The molecule has 0 aliphatic heterocycles. The van der Waals surface area contributed by atoms with E-state index in [1.165, 1.54) is 5.56 Å². The molecule has 4 nitrogen and oxygen atoms in total. The molecule has 0 radical (unpaired) electrons. The van der Waals surface area contributed by atoms with Crippen LogP contribution in [0.5, 0.6) is 0 Å². The highest BCUT2D eigenvalue weighted by Crippen LogP contribution is 2.22. The Morgan fingerprint density at radius 1 is 1.05 bits per heavy atom. The van der Waals surface area contributed by atoms with Gasteiger partial charge in [0.05, 0.1) is 0 Å². The van der Waals surface area contributed by atoms with Crippen molar-refractivity contribution in [3.8, 4) is 0 Å². The molecular weight excluding hydrogens is 276 g/mol. The topological polar surface area (TPSA) is 61.4 Å². The third-order valence-electron chi connectivity index (χ3n) is 3.79. The number of hydrogen-bond donors (Lipinski definition) is 3. The number of hydrogen-bond acceptors (Lipinski definition) is 2. The zero-order chi connectivity index (χ0) is 16.8. The molecule has 0 aliphatic carbocycles. The smallest absolute Gasteiger partial charge is 0.315 e. The minimum atomic E-state index is -0.175. The molecule has 0 unspecified atom stereocenters. The van der Waals surface area contributed by atoms with E-state index in [0.717, 1.165) is 5.56 Å². The van der Waals surface area contributed by atoms with Gasteiger partial charge in [-0.1, -0.05) is 58.9 Å². The molecule has 0 fully saturated rings. The maximum atomic E-state index is 11.8. The number of nitrogens with one attached hydrogen (secondary N) is 2. The molecule has 2 amide bonds. The second-order valence-corrected chi connectivity index (χ2v) is 7.62. The molecule has 0 heterocycles. The van der Waals surface area contributed by atoms with Crippen molar-refractivity contribution in [2.45, 2.75) is 53.0 Å². The molecule has 0 saturated heterocycles. The lowest BCUT2D eigenvalue weighted by molar-refractivity contribution is 0.201. The van der Waals surface area contributed by atoms with Crippen molar-refractivity contribution in [3.05, 3.63) is 35.4 Å². The van der Waals surface area contributed by atoms with Crippen molar-refractivity contribution in [2.24, 2.45) is 5.41 Å². The first-order chi connectivity index (χ1) is 10.1. The Morgan fingerprint density at radius 3 is 2.14 bits per heavy atom. The van der Waals surface area contributed by atoms with Gasteiger partial charge in [-0.2, -0.15) is 0 Å². The minimum absolute atomic E-state index is 0.0968. The summed E-state index contributed by atoms with van der Waals surface area (Å²) < 4.78 is 0. The van der Waals surface area contributed by atoms with Crippen LogP contribution in [0.15, 0.2) is 24.3 Å². The van der Waals surface area contributed by atoms with Gasteiger partial charge in [0.25, 0.3) is 0 Å². The van der Waals surface area contributed by atoms with Gasteiger partial charge in [0.1, 0.15) is 0 Å². The average molecular weight is 306 g/mol. The Hall–Kier alpha value is -1.55. The van der Waals surface area contributed by atoms with Crippen LogP contribution >= 0.6 is 0 Å². The SMILES string of the molecule is CC(C)(CCO)CNC(=O)NCc1ccc(C(C)(C)C)cc1. The van der Waals surface area contributed by atoms with Crippen LogP contribution in [-0.2, 0) is 12.0 Å². The van der Waals surface area contributed by atoms with Crippen LogP contribution < -0.4 is 10.6 Å². The normalized spacial score (nSPS) is 12.1. The van der Waals surface area contributed by atoms with Crippen LogP contribution in [0.1, 0.15) is 52.2 Å². The van der Waals surface area contributed by atoms with Gasteiger partial charge in [-0.05, 0) is 28.4 Å². The van der Waals surface area contributed by atoms with E-state index in [9.17, 15) is 4.79 Å². The predicted octanol–water partition coefficient (Wildman–Crippen LogP) is 3.19. The van der Waals surface area contributed by atoms with Gasteiger partial charge >= 0.3 is 6.03 Å². The maximum absolute atomic E-state index is 11.8. The van der Waals surface area contributed by atoms with E-state index in [0.29, 0.717) is 19.5 Å². The fraction of sp³-hybridized carbons (Fsp3) is 0.611. The molecule has 1 aromatic carbocycles. The van der Waals surface area contributed by atoms with Crippen molar-refractivity contribution in [2.75, 3.05) is 13.2 Å². The molecule has 1 aromatic rings. The lowest BCUT2D eigenvalue weighted by atomic mass is 9.87. The fourth-order valence-corrected chi connectivity index (χ4v) is 2.08. The van der Waals surface area contributed by atoms with Gasteiger partial charge in [0.2, 0.25) is 0 Å². The number of carbonyl (C=O) groups excluding carboxylic acids is 1. The van der Waals surface area contributed by atoms with E-state index in [1.807, 2.05) is 13.8 Å². The number of aliphatic hydroxyl groups excluding tert-OH is 1. The van der Waals surface area contributed by atoms with Gasteiger partial charge < -0.3 is 15.7 Å². The predicted molar refractivity (Wildman–Crippen MR) is 90.9 cm³/mol. The highest BCUT2D eigenvalue weighted by molar-refractivity contribution is 5.73. The van der Waals surface area contributed by atoms with Crippen LogP contribution in [0.25, 0.3) is 0 Å². The number of benzene rings is 1. The summed E-state index contributed by atoms with van der Waals surface area (Å²) in [5.41, 5.74) is 2.41. The van der Waals surface area contributed by atoms with Crippen molar-refractivity contribution >= 4 is 6.03 Å². The Morgan fingerprint density at radius 2 is 1.64 bits per heavy atom. The first-order valence-electron chi connectivity index (χ1n) is 7.86. The summed E-state index contributed by atoms with van der Waals surface area (Å²) in [5.74, 6) is 0. The molecule has 0 saturated carbocycles. The molecule has 4 heteroatoms. The first kappa shape index (κ1) is 18.5. The second-order valence-electron chi connectivity index (χ2n) is 7.62. The third-order valence-corrected chi connectivity index (χ3v) is 3.79. The zero-order valence-corrected chi connectivity index (χ0v) is 14.5. The van der Waals surface area contributed by atoms with E-state index in [-0.39, 0.29) is 23.5 Å². The molecule has 1 rings (SSSR count). The van der Waals surface area contributed by atoms with Gasteiger partial charge in [-0.3, -0.25) is 0 Å². The van der Waals surface area contributed by atoms with Crippen LogP contribution in [0, 0.1) is 5.41 Å². The van der Waals surface area contributed by atoms with Gasteiger partial charge in [0, 0.05) is 19.7 Å². The summed E-state index contributed by atoms with van der Waals surface area (Å²) in [4.78, 5) is 11.8. The fourth-order valence-electron chi connectivity index (χ4n) is 2.08. The van der Waals surface area contributed by atoms with Crippen molar-refractivity contribution in [1.29, 1.82) is 0 Å². The second kappa shape index (κ2) is 7.63. The highest BCUT2D eigenvalue weighted by Gasteiger charge is 2.18. The molecule has 0 aliphatic rings. The third kappa shape index (κ3) is 6.48. The lowest BCUT2D eigenvalue weighted by Crippen LogP contribution is -2.40.